The standard InChI is InChI=1S/C22H20F3NO4/c1-26(12-19(28)13-27)21(29)18-8-7-16-9-15(5-6-17(16)10-18)14-3-2-4-20(11-14)30-22(23,24)25/h2-11,19,27-28H,12-13H2,1H3. The molecule has 0 heterocycles. The third kappa shape index (κ3) is 5.28. The van der Waals surface area contributed by atoms with Gasteiger partial charge in [0.2, 0.25) is 0 Å². The Morgan fingerprint density at radius 1 is 1.03 bits per heavy atom. The number of aliphatic hydroxyl groups is 2. The van der Waals surface area contributed by atoms with E-state index in [4.69, 9.17) is 5.11 Å². The number of hydrogen-bond acceptors (Lipinski definition) is 4. The molecule has 158 valence electrons. The van der Waals surface area contributed by atoms with Crippen LogP contribution in [-0.4, -0.2) is 53.7 Å². The van der Waals surface area contributed by atoms with E-state index < -0.39 is 19.1 Å². The second-order valence-corrected chi connectivity index (χ2v) is 6.87. The molecule has 3 rings (SSSR count). The molecule has 1 amide bonds. The van der Waals surface area contributed by atoms with Crippen molar-refractivity contribution in [3.05, 3.63) is 66.2 Å². The molecule has 0 saturated carbocycles. The van der Waals surface area contributed by atoms with Gasteiger partial charge in [0.05, 0.1) is 12.7 Å². The Kier molecular flexibility index (Phi) is 6.28. The molecule has 1 atom stereocenters. The maximum Gasteiger partial charge on any atom is 0.573 e. The number of hydrogen-bond donors (Lipinski definition) is 2. The van der Waals surface area contributed by atoms with Gasteiger partial charge in [0.25, 0.3) is 5.91 Å². The summed E-state index contributed by atoms with van der Waals surface area (Å²) in [6.45, 7) is -0.435. The lowest BCUT2D eigenvalue weighted by Crippen LogP contribution is -2.35. The first-order valence-corrected chi connectivity index (χ1v) is 9.10. The minimum atomic E-state index is -4.76. The minimum absolute atomic E-state index is 0.00262. The van der Waals surface area contributed by atoms with Crippen LogP contribution in [0.25, 0.3) is 21.9 Å². The Balaban J connectivity index is 1.85. The third-order valence-electron chi connectivity index (χ3n) is 4.53. The van der Waals surface area contributed by atoms with Crippen LogP contribution in [0.2, 0.25) is 0 Å². The molecule has 0 saturated heterocycles. The van der Waals surface area contributed by atoms with Crippen LogP contribution in [0.5, 0.6) is 5.75 Å². The predicted octanol–water partition coefficient (Wildman–Crippen LogP) is 3.83. The van der Waals surface area contributed by atoms with Crippen molar-refractivity contribution in [2.24, 2.45) is 0 Å². The highest BCUT2D eigenvalue weighted by atomic mass is 19.4. The third-order valence-corrected chi connectivity index (χ3v) is 4.53. The van der Waals surface area contributed by atoms with E-state index in [1.54, 1.807) is 36.4 Å². The molecule has 0 fully saturated rings. The van der Waals surface area contributed by atoms with Crippen LogP contribution in [0, 0.1) is 0 Å². The maximum atomic E-state index is 12.5. The number of carbonyl (C=O) groups is 1. The number of likely N-dealkylation sites (N-methyl/N-ethyl adjacent to an activating group) is 1. The lowest BCUT2D eigenvalue weighted by Gasteiger charge is -2.20. The highest BCUT2D eigenvalue weighted by Gasteiger charge is 2.31. The number of aliphatic hydroxyl groups excluding tert-OH is 2. The van der Waals surface area contributed by atoms with Crippen molar-refractivity contribution in [1.82, 2.24) is 4.90 Å². The average Bonchev–Trinajstić information content (AvgIpc) is 2.71. The van der Waals surface area contributed by atoms with Crippen molar-refractivity contribution in [3.8, 4) is 16.9 Å². The number of rotatable bonds is 6. The van der Waals surface area contributed by atoms with Gasteiger partial charge >= 0.3 is 6.36 Å². The predicted molar refractivity (Wildman–Crippen MR) is 106 cm³/mol. The first-order chi connectivity index (χ1) is 14.2. The molecule has 0 aliphatic carbocycles. The van der Waals surface area contributed by atoms with E-state index in [0.29, 0.717) is 16.7 Å². The second-order valence-electron chi connectivity index (χ2n) is 6.87. The minimum Gasteiger partial charge on any atom is -0.406 e. The fourth-order valence-corrected chi connectivity index (χ4v) is 3.11. The summed E-state index contributed by atoms with van der Waals surface area (Å²) in [5, 5.41) is 20.0. The number of fused-ring (bicyclic) bond motifs is 1. The zero-order chi connectivity index (χ0) is 21.9. The van der Waals surface area contributed by atoms with Crippen LogP contribution in [0.15, 0.2) is 60.7 Å². The van der Waals surface area contributed by atoms with Gasteiger partial charge in [-0.3, -0.25) is 4.79 Å². The van der Waals surface area contributed by atoms with Crippen LogP contribution in [0.3, 0.4) is 0 Å². The molecule has 3 aromatic carbocycles. The van der Waals surface area contributed by atoms with E-state index in [2.05, 4.69) is 4.74 Å². The van der Waals surface area contributed by atoms with Gasteiger partial charge in [-0.15, -0.1) is 13.2 Å². The van der Waals surface area contributed by atoms with Crippen LogP contribution in [-0.2, 0) is 0 Å². The number of ether oxygens (including phenoxy) is 1. The lowest BCUT2D eigenvalue weighted by molar-refractivity contribution is -0.274. The van der Waals surface area contributed by atoms with Gasteiger partial charge in [-0.25, -0.2) is 0 Å². The number of amides is 1. The number of halogens is 3. The van der Waals surface area contributed by atoms with Crippen molar-refractivity contribution >= 4 is 16.7 Å². The van der Waals surface area contributed by atoms with E-state index in [1.165, 1.54) is 30.1 Å². The first-order valence-electron chi connectivity index (χ1n) is 9.10. The highest BCUT2D eigenvalue weighted by Crippen LogP contribution is 2.30. The fourth-order valence-electron chi connectivity index (χ4n) is 3.11. The Hall–Kier alpha value is -3.10. The molecule has 0 bridgehead atoms. The highest BCUT2D eigenvalue weighted by molar-refractivity contribution is 5.99. The van der Waals surface area contributed by atoms with E-state index in [0.717, 1.165) is 10.8 Å². The van der Waals surface area contributed by atoms with Crippen LogP contribution in [0.1, 0.15) is 10.4 Å². The van der Waals surface area contributed by atoms with Crippen molar-refractivity contribution in [2.75, 3.05) is 20.2 Å². The van der Waals surface area contributed by atoms with Crippen molar-refractivity contribution in [3.63, 3.8) is 0 Å². The topological polar surface area (TPSA) is 70.0 Å². The number of carbonyl (C=O) groups excluding carboxylic acids is 1. The maximum absolute atomic E-state index is 12.5. The Morgan fingerprint density at radius 3 is 2.40 bits per heavy atom. The van der Waals surface area contributed by atoms with Crippen LogP contribution in [0.4, 0.5) is 13.2 Å². The molecule has 0 radical (unpaired) electrons. The molecule has 8 heteroatoms. The summed E-state index contributed by atoms with van der Waals surface area (Å²) < 4.78 is 41.3. The van der Waals surface area contributed by atoms with Crippen molar-refractivity contribution in [1.29, 1.82) is 0 Å². The van der Waals surface area contributed by atoms with Gasteiger partial charge < -0.3 is 19.8 Å². The average molecular weight is 419 g/mol. The zero-order valence-corrected chi connectivity index (χ0v) is 16.1. The first kappa shape index (κ1) is 21.6. The smallest absolute Gasteiger partial charge is 0.406 e. The molecule has 0 spiro atoms. The summed E-state index contributed by atoms with van der Waals surface area (Å²) in [5.74, 6) is -0.598. The summed E-state index contributed by atoms with van der Waals surface area (Å²) in [5.41, 5.74) is 1.69. The van der Waals surface area contributed by atoms with Gasteiger partial charge in [0.1, 0.15) is 5.75 Å². The summed E-state index contributed by atoms with van der Waals surface area (Å²) in [4.78, 5) is 13.8. The number of alkyl halides is 3. The summed E-state index contributed by atoms with van der Waals surface area (Å²) >= 11 is 0. The number of nitrogens with zero attached hydrogens (tertiary/aromatic N) is 1. The van der Waals surface area contributed by atoms with Gasteiger partial charge in [-0.1, -0.05) is 30.3 Å². The molecular weight excluding hydrogens is 399 g/mol. The zero-order valence-electron chi connectivity index (χ0n) is 16.1. The molecule has 2 N–H and O–H groups in total. The molecule has 1 unspecified atom stereocenters. The SMILES string of the molecule is CN(CC(O)CO)C(=O)c1ccc2cc(-c3cccc(OC(F)(F)F)c3)ccc2c1. The fraction of sp³-hybridized carbons (Fsp3) is 0.227. The molecule has 30 heavy (non-hydrogen) atoms. The van der Waals surface area contributed by atoms with E-state index >= 15 is 0 Å². The van der Waals surface area contributed by atoms with Gasteiger partial charge in [0.15, 0.2) is 0 Å². The quantitative estimate of drug-likeness (QED) is 0.637. The normalized spacial score (nSPS) is 12.6. The lowest BCUT2D eigenvalue weighted by atomic mass is 9.99. The largest absolute Gasteiger partial charge is 0.573 e. The monoisotopic (exact) mass is 419 g/mol. The van der Waals surface area contributed by atoms with Gasteiger partial charge in [-0.2, -0.15) is 0 Å². The summed E-state index contributed by atoms with van der Waals surface area (Å²) in [6, 6.07) is 16.2. The molecule has 0 aliphatic heterocycles. The van der Waals surface area contributed by atoms with E-state index in [1.807, 2.05) is 6.07 Å². The Labute approximate surface area is 170 Å². The summed E-state index contributed by atoms with van der Waals surface area (Å²) in [7, 11) is 1.53. The van der Waals surface area contributed by atoms with Crippen molar-refractivity contribution in [2.45, 2.75) is 12.5 Å². The molecule has 0 aromatic heterocycles. The molecule has 0 aliphatic rings. The molecule has 3 aromatic rings. The molecular formula is C22H20F3NO4. The van der Waals surface area contributed by atoms with Gasteiger partial charge in [-0.05, 0) is 52.2 Å². The number of benzene rings is 3. The molecule has 5 nitrogen and oxygen atoms in total. The second kappa shape index (κ2) is 8.73. The van der Waals surface area contributed by atoms with Crippen LogP contribution < -0.4 is 4.74 Å². The van der Waals surface area contributed by atoms with Gasteiger partial charge in [0, 0.05) is 19.2 Å². The van der Waals surface area contributed by atoms with E-state index in [-0.39, 0.29) is 18.2 Å². The Morgan fingerprint density at radius 2 is 1.70 bits per heavy atom. The Bertz CT molecular complexity index is 1050. The van der Waals surface area contributed by atoms with Crippen molar-refractivity contribution < 1.29 is 32.9 Å². The summed E-state index contributed by atoms with van der Waals surface area (Å²) in [6.07, 6.45) is -5.77. The van der Waals surface area contributed by atoms with Crippen LogP contribution >= 0.6 is 0 Å². The van der Waals surface area contributed by atoms with E-state index in [9.17, 15) is 23.1 Å².